The maximum absolute atomic E-state index is 12.8. The molecule has 1 unspecified atom stereocenters. The number of hydrogen-bond donors (Lipinski definition) is 1. The van der Waals surface area contributed by atoms with Gasteiger partial charge in [0.05, 0.1) is 22.3 Å². The van der Waals surface area contributed by atoms with Gasteiger partial charge in [0.25, 0.3) is 0 Å². The number of amides is 1. The molecule has 2 aromatic rings. The quantitative estimate of drug-likeness (QED) is 0.832. The summed E-state index contributed by atoms with van der Waals surface area (Å²) >= 11 is 2.78. The topological polar surface area (TPSA) is 29.1 Å². The molecule has 1 aliphatic heterocycles. The summed E-state index contributed by atoms with van der Waals surface area (Å²) in [5, 5.41) is 4.34. The Labute approximate surface area is 127 Å². The molecule has 7 heteroatoms. The summed E-state index contributed by atoms with van der Waals surface area (Å²) in [6, 6.07) is 7.09. The molecule has 0 fully saturated rings. The van der Waals surface area contributed by atoms with Gasteiger partial charge in [-0.1, -0.05) is 18.2 Å². The van der Waals surface area contributed by atoms with Crippen molar-refractivity contribution in [2.75, 3.05) is 11.1 Å². The number of thiophene rings is 1. The predicted octanol–water partition coefficient (Wildman–Crippen LogP) is 4.54. The average molecular weight is 329 g/mol. The van der Waals surface area contributed by atoms with E-state index >= 15 is 0 Å². The minimum Gasteiger partial charge on any atom is -0.324 e. The van der Waals surface area contributed by atoms with Crippen molar-refractivity contribution < 1.29 is 18.0 Å². The average Bonchev–Trinajstić information content (AvgIpc) is 2.80. The Balaban J connectivity index is 2.03. The van der Waals surface area contributed by atoms with E-state index in [1.807, 2.05) is 5.38 Å². The highest BCUT2D eigenvalue weighted by Crippen LogP contribution is 2.45. The molecule has 1 N–H and O–H groups in total. The standard InChI is InChI=1S/C14H10F3NOS2/c15-14(16,17)9-3-1-2-8(6-9)12-13-10(4-5-20-13)18-11(19)7-21-12/h1-6,12H,7H2,(H,18,19). The number of benzene rings is 1. The normalized spacial score (nSPS) is 18.8. The van der Waals surface area contributed by atoms with Crippen molar-refractivity contribution in [1.82, 2.24) is 0 Å². The third-order valence-corrected chi connectivity index (χ3v) is 5.51. The number of carbonyl (C=O) groups is 1. The van der Waals surface area contributed by atoms with Crippen LogP contribution in [-0.4, -0.2) is 11.7 Å². The Morgan fingerprint density at radius 1 is 1.24 bits per heavy atom. The number of rotatable bonds is 1. The van der Waals surface area contributed by atoms with Crippen molar-refractivity contribution in [3.8, 4) is 0 Å². The van der Waals surface area contributed by atoms with Crippen molar-refractivity contribution in [3.63, 3.8) is 0 Å². The highest BCUT2D eigenvalue weighted by Gasteiger charge is 2.32. The van der Waals surface area contributed by atoms with Gasteiger partial charge in [0.15, 0.2) is 0 Å². The van der Waals surface area contributed by atoms with Crippen LogP contribution in [0, 0.1) is 0 Å². The third kappa shape index (κ3) is 2.94. The van der Waals surface area contributed by atoms with Gasteiger partial charge >= 0.3 is 6.18 Å². The summed E-state index contributed by atoms with van der Waals surface area (Å²) in [4.78, 5) is 12.5. The predicted molar refractivity (Wildman–Crippen MR) is 78.7 cm³/mol. The molecule has 1 atom stereocenters. The van der Waals surface area contributed by atoms with Gasteiger partial charge in [-0.15, -0.1) is 23.1 Å². The van der Waals surface area contributed by atoms with Crippen molar-refractivity contribution in [1.29, 1.82) is 0 Å². The number of hydrogen-bond acceptors (Lipinski definition) is 3. The molecule has 1 aromatic heterocycles. The second-order valence-electron chi connectivity index (χ2n) is 4.56. The van der Waals surface area contributed by atoms with Gasteiger partial charge in [-0.25, -0.2) is 0 Å². The zero-order chi connectivity index (χ0) is 15.0. The van der Waals surface area contributed by atoms with E-state index in [-0.39, 0.29) is 16.9 Å². The minimum absolute atomic E-state index is 0.130. The van der Waals surface area contributed by atoms with Gasteiger partial charge in [-0.3, -0.25) is 4.79 Å². The van der Waals surface area contributed by atoms with Gasteiger partial charge in [-0.05, 0) is 23.1 Å². The third-order valence-electron chi connectivity index (χ3n) is 3.11. The summed E-state index contributed by atoms with van der Waals surface area (Å²) in [6.07, 6.45) is -4.36. The molecule has 0 saturated heterocycles. The fourth-order valence-electron chi connectivity index (χ4n) is 2.17. The van der Waals surface area contributed by atoms with Crippen LogP contribution in [0.25, 0.3) is 0 Å². The molecule has 2 nitrogen and oxygen atoms in total. The summed E-state index contributed by atoms with van der Waals surface area (Å²) in [5.74, 6) is 0.0941. The molecule has 1 amide bonds. The molecule has 3 rings (SSSR count). The summed E-state index contributed by atoms with van der Waals surface area (Å²) < 4.78 is 38.5. The van der Waals surface area contributed by atoms with Gasteiger partial charge < -0.3 is 5.32 Å². The van der Waals surface area contributed by atoms with Crippen molar-refractivity contribution in [2.45, 2.75) is 11.4 Å². The Hall–Kier alpha value is -1.47. The van der Waals surface area contributed by atoms with Crippen LogP contribution in [-0.2, 0) is 11.0 Å². The Kier molecular flexibility index (Phi) is 3.71. The molecule has 1 aromatic carbocycles. The second-order valence-corrected chi connectivity index (χ2v) is 6.60. The number of nitrogens with one attached hydrogen (secondary N) is 1. The van der Waals surface area contributed by atoms with E-state index in [1.54, 1.807) is 12.1 Å². The van der Waals surface area contributed by atoms with E-state index in [1.165, 1.54) is 29.2 Å². The molecular formula is C14H10F3NOS2. The monoisotopic (exact) mass is 329 g/mol. The zero-order valence-electron chi connectivity index (χ0n) is 10.6. The van der Waals surface area contributed by atoms with Crippen molar-refractivity contribution in [2.24, 2.45) is 0 Å². The number of thioether (sulfide) groups is 1. The van der Waals surface area contributed by atoms with Crippen LogP contribution in [0.3, 0.4) is 0 Å². The number of alkyl halides is 3. The Bertz CT molecular complexity index is 681. The molecule has 110 valence electrons. The van der Waals surface area contributed by atoms with Crippen molar-refractivity contribution in [3.05, 3.63) is 51.7 Å². The first kappa shape index (κ1) is 14.5. The minimum atomic E-state index is -4.36. The van der Waals surface area contributed by atoms with Crippen LogP contribution < -0.4 is 5.32 Å². The van der Waals surface area contributed by atoms with Gasteiger partial charge in [0.1, 0.15) is 0 Å². The van der Waals surface area contributed by atoms with E-state index in [9.17, 15) is 18.0 Å². The van der Waals surface area contributed by atoms with E-state index < -0.39 is 11.7 Å². The lowest BCUT2D eigenvalue weighted by Gasteiger charge is -2.16. The van der Waals surface area contributed by atoms with Crippen LogP contribution in [0.1, 0.15) is 21.3 Å². The van der Waals surface area contributed by atoms with Gasteiger partial charge in [-0.2, -0.15) is 13.2 Å². The van der Waals surface area contributed by atoms with Gasteiger partial charge in [0, 0.05) is 4.88 Å². The lowest BCUT2D eigenvalue weighted by molar-refractivity contribution is -0.137. The lowest BCUT2D eigenvalue weighted by Crippen LogP contribution is -2.11. The van der Waals surface area contributed by atoms with Crippen LogP contribution in [0.2, 0.25) is 0 Å². The fourth-order valence-corrected chi connectivity index (χ4v) is 4.41. The first-order valence-electron chi connectivity index (χ1n) is 6.11. The maximum Gasteiger partial charge on any atom is 0.416 e. The molecule has 0 bridgehead atoms. The van der Waals surface area contributed by atoms with E-state index in [0.29, 0.717) is 11.3 Å². The highest BCUT2D eigenvalue weighted by molar-refractivity contribution is 8.00. The van der Waals surface area contributed by atoms with E-state index in [2.05, 4.69) is 5.32 Å². The van der Waals surface area contributed by atoms with E-state index in [0.717, 1.165) is 17.0 Å². The molecule has 0 radical (unpaired) electrons. The zero-order valence-corrected chi connectivity index (χ0v) is 12.2. The number of halogens is 3. The van der Waals surface area contributed by atoms with Crippen LogP contribution in [0.4, 0.5) is 18.9 Å². The SMILES string of the molecule is O=C1CSC(c2cccc(C(F)(F)F)c2)c2sccc2N1. The molecule has 0 spiro atoms. The molecule has 1 aliphatic rings. The number of fused-ring (bicyclic) bond motifs is 1. The lowest BCUT2D eigenvalue weighted by atomic mass is 10.1. The Morgan fingerprint density at radius 2 is 2.05 bits per heavy atom. The molecule has 0 saturated carbocycles. The van der Waals surface area contributed by atoms with Gasteiger partial charge in [0.2, 0.25) is 5.91 Å². The molecular weight excluding hydrogens is 319 g/mol. The molecule has 0 aliphatic carbocycles. The second kappa shape index (κ2) is 5.38. The number of anilines is 1. The van der Waals surface area contributed by atoms with Crippen LogP contribution in [0.5, 0.6) is 0 Å². The highest BCUT2D eigenvalue weighted by atomic mass is 32.2. The summed E-state index contributed by atoms with van der Waals surface area (Å²) in [6.45, 7) is 0. The summed E-state index contributed by atoms with van der Waals surface area (Å²) in [7, 11) is 0. The van der Waals surface area contributed by atoms with Crippen molar-refractivity contribution >= 4 is 34.7 Å². The van der Waals surface area contributed by atoms with E-state index in [4.69, 9.17) is 0 Å². The smallest absolute Gasteiger partial charge is 0.324 e. The summed E-state index contributed by atoms with van der Waals surface area (Å²) in [5.41, 5.74) is 0.592. The first-order chi connectivity index (χ1) is 9.95. The molecule has 2 heterocycles. The Morgan fingerprint density at radius 3 is 2.81 bits per heavy atom. The van der Waals surface area contributed by atoms with Crippen LogP contribution >= 0.6 is 23.1 Å². The van der Waals surface area contributed by atoms with Crippen LogP contribution in [0.15, 0.2) is 35.7 Å². The fraction of sp³-hybridized carbons (Fsp3) is 0.214. The largest absolute Gasteiger partial charge is 0.416 e. The maximum atomic E-state index is 12.8. The molecule has 21 heavy (non-hydrogen) atoms. The number of carbonyl (C=O) groups excluding carboxylic acids is 1. The first-order valence-corrected chi connectivity index (χ1v) is 8.04.